The highest BCUT2D eigenvalue weighted by molar-refractivity contribution is 5.75. The van der Waals surface area contributed by atoms with Gasteiger partial charge in [0.1, 0.15) is 5.60 Å². The lowest BCUT2D eigenvalue weighted by atomic mass is 10.1. The molecule has 0 radical (unpaired) electrons. The largest absolute Gasteiger partial charge is 0.444 e. The van der Waals surface area contributed by atoms with Crippen LogP contribution in [-0.4, -0.2) is 54.5 Å². The van der Waals surface area contributed by atoms with E-state index in [-0.39, 0.29) is 12.6 Å². The van der Waals surface area contributed by atoms with Gasteiger partial charge in [0.15, 0.2) is 11.2 Å². The molecule has 11 nitrogen and oxygen atoms in total. The number of nitrogens with one attached hydrogen (secondary N) is 1. The average molecular weight is 538 g/mol. The Hall–Kier alpha value is -3.89. The Balaban J connectivity index is 1.77. The van der Waals surface area contributed by atoms with Crippen molar-refractivity contribution in [3.8, 4) is 0 Å². The Bertz CT molecular complexity index is 1520. The summed E-state index contributed by atoms with van der Waals surface area (Å²) >= 11 is 0. The lowest BCUT2D eigenvalue weighted by Gasteiger charge is -2.34. The van der Waals surface area contributed by atoms with E-state index in [1.807, 2.05) is 64.3 Å². The van der Waals surface area contributed by atoms with Gasteiger partial charge < -0.3 is 19.5 Å². The van der Waals surface area contributed by atoms with Gasteiger partial charge in [0.25, 0.3) is 5.56 Å². The van der Waals surface area contributed by atoms with Crippen molar-refractivity contribution >= 4 is 23.2 Å². The predicted molar refractivity (Wildman–Crippen MR) is 151 cm³/mol. The van der Waals surface area contributed by atoms with E-state index in [2.05, 4.69) is 15.2 Å². The molecule has 4 rings (SSSR count). The number of ether oxygens (including phenoxy) is 1. The fraction of sp³-hybridized carbons (Fsp3) is 0.536. The zero-order valence-electron chi connectivity index (χ0n) is 23.9. The fourth-order valence-corrected chi connectivity index (χ4v) is 4.79. The van der Waals surface area contributed by atoms with Crippen molar-refractivity contribution in [2.75, 3.05) is 18.0 Å². The van der Waals surface area contributed by atoms with Crippen molar-refractivity contribution < 1.29 is 9.53 Å². The molecule has 1 amide bonds. The predicted octanol–water partition coefficient (Wildman–Crippen LogP) is 3.11. The van der Waals surface area contributed by atoms with Crippen molar-refractivity contribution in [1.29, 1.82) is 0 Å². The summed E-state index contributed by atoms with van der Waals surface area (Å²) in [5.74, 6) is 0.594. The van der Waals surface area contributed by atoms with Crippen molar-refractivity contribution in [1.82, 2.24) is 29.0 Å². The van der Waals surface area contributed by atoms with Gasteiger partial charge in [-0.05, 0) is 66.5 Å². The normalized spacial score (nSPS) is 15.9. The van der Waals surface area contributed by atoms with Crippen LogP contribution in [-0.2, 0) is 24.9 Å². The zero-order chi connectivity index (χ0) is 28.5. The number of alkyl carbamates (subject to hydrolysis) is 1. The Labute approximate surface area is 228 Å². The number of hydrogen-bond donors (Lipinski definition) is 1. The van der Waals surface area contributed by atoms with E-state index < -0.39 is 22.9 Å². The minimum absolute atomic E-state index is 0.0673. The molecule has 1 N–H and O–H groups in total. The average Bonchev–Trinajstić information content (AvgIpc) is 3.23. The fourth-order valence-electron chi connectivity index (χ4n) is 4.79. The summed E-state index contributed by atoms with van der Waals surface area (Å²) in [6.07, 6.45) is 3.21. The highest BCUT2D eigenvalue weighted by Crippen LogP contribution is 2.24. The first-order valence-corrected chi connectivity index (χ1v) is 13.3. The van der Waals surface area contributed by atoms with Crippen LogP contribution in [0, 0.1) is 6.92 Å². The van der Waals surface area contributed by atoms with Crippen LogP contribution >= 0.6 is 0 Å². The van der Waals surface area contributed by atoms with Crippen molar-refractivity contribution in [2.45, 2.75) is 79.1 Å². The number of hydrogen-bond acceptors (Lipinski definition) is 7. The van der Waals surface area contributed by atoms with Crippen molar-refractivity contribution in [2.24, 2.45) is 7.05 Å². The number of anilines is 1. The molecule has 0 spiro atoms. The maximum Gasteiger partial charge on any atom is 0.407 e. The molecule has 3 aromatic rings. The topological polar surface area (TPSA) is 116 Å². The zero-order valence-corrected chi connectivity index (χ0v) is 23.9. The van der Waals surface area contributed by atoms with Crippen LogP contribution in [0.2, 0.25) is 0 Å². The molecule has 3 aromatic heterocycles. The Morgan fingerprint density at radius 1 is 1.18 bits per heavy atom. The van der Waals surface area contributed by atoms with Gasteiger partial charge in [0.05, 0.1) is 12.2 Å². The number of carbonyl (C=O) groups is 1. The summed E-state index contributed by atoms with van der Waals surface area (Å²) in [5.41, 5.74) is 1.80. The molecule has 4 heterocycles. The number of allylic oxidation sites excluding steroid dienone is 2. The standard InChI is InChI=1S/C28H39N7O4/c1-18(2)13-15-34-22-23(32(7)27(38)35(24(22)36)17-21-11-8-10-19(3)29-21)31-25(34)33-14-9-12-20(16-33)30-26(37)39-28(4,5)6/h8,10-11,13,20H,9,12,14-17H2,1-7H3,(H,30,37). The molecule has 0 aliphatic carbocycles. The third-order valence-corrected chi connectivity index (χ3v) is 6.59. The summed E-state index contributed by atoms with van der Waals surface area (Å²) in [5, 5.41) is 2.97. The van der Waals surface area contributed by atoms with E-state index >= 15 is 0 Å². The molecule has 0 bridgehead atoms. The molecule has 1 fully saturated rings. The molecule has 1 atom stereocenters. The number of amides is 1. The second-order valence-corrected chi connectivity index (χ2v) is 11.4. The molecular formula is C28H39N7O4. The Kier molecular flexibility index (Phi) is 7.99. The van der Waals surface area contributed by atoms with Crippen LogP contribution in [0.1, 0.15) is 58.8 Å². The lowest BCUT2D eigenvalue weighted by molar-refractivity contribution is 0.0499. The summed E-state index contributed by atoms with van der Waals surface area (Å²) in [6, 6.07) is 5.40. The number of aryl methyl sites for hydroxylation is 2. The van der Waals surface area contributed by atoms with E-state index in [1.54, 1.807) is 13.1 Å². The summed E-state index contributed by atoms with van der Waals surface area (Å²) in [6.45, 7) is 13.1. The molecule has 1 aliphatic rings. The van der Waals surface area contributed by atoms with Gasteiger partial charge in [-0.15, -0.1) is 0 Å². The molecule has 0 aromatic carbocycles. The number of imidazole rings is 1. The Morgan fingerprint density at radius 3 is 2.59 bits per heavy atom. The monoisotopic (exact) mass is 537 g/mol. The van der Waals surface area contributed by atoms with Crippen LogP contribution in [0.15, 0.2) is 39.4 Å². The second-order valence-electron chi connectivity index (χ2n) is 11.4. The molecule has 1 aliphatic heterocycles. The second kappa shape index (κ2) is 11.1. The molecule has 210 valence electrons. The van der Waals surface area contributed by atoms with Gasteiger partial charge in [-0.25, -0.2) is 9.59 Å². The molecule has 39 heavy (non-hydrogen) atoms. The first-order chi connectivity index (χ1) is 18.3. The van der Waals surface area contributed by atoms with Gasteiger partial charge >= 0.3 is 11.8 Å². The quantitative estimate of drug-likeness (QED) is 0.480. The SMILES string of the molecule is CC(C)=CCn1c(N2CCCC(NC(=O)OC(C)(C)C)C2)nc2c1c(=O)n(Cc1cccc(C)n1)c(=O)n2C. The van der Waals surface area contributed by atoms with Crippen LogP contribution in [0.4, 0.5) is 10.7 Å². The minimum Gasteiger partial charge on any atom is -0.444 e. The van der Waals surface area contributed by atoms with E-state index in [4.69, 9.17) is 9.72 Å². The van der Waals surface area contributed by atoms with E-state index in [9.17, 15) is 14.4 Å². The number of aromatic nitrogens is 5. The summed E-state index contributed by atoms with van der Waals surface area (Å²) in [4.78, 5) is 50.9. The molecule has 1 unspecified atom stereocenters. The van der Waals surface area contributed by atoms with Gasteiger partial charge in [-0.3, -0.25) is 18.9 Å². The molecular weight excluding hydrogens is 498 g/mol. The van der Waals surface area contributed by atoms with Crippen LogP contribution in [0.25, 0.3) is 11.2 Å². The lowest BCUT2D eigenvalue weighted by Crippen LogP contribution is -2.49. The number of pyridine rings is 1. The number of rotatable bonds is 6. The molecule has 0 saturated carbocycles. The highest BCUT2D eigenvalue weighted by atomic mass is 16.6. The van der Waals surface area contributed by atoms with Gasteiger partial charge in [0.2, 0.25) is 5.95 Å². The first kappa shape index (κ1) is 28.1. The van der Waals surface area contributed by atoms with Gasteiger partial charge in [-0.2, -0.15) is 4.98 Å². The maximum atomic E-state index is 13.8. The first-order valence-electron chi connectivity index (χ1n) is 13.3. The Morgan fingerprint density at radius 2 is 1.92 bits per heavy atom. The van der Waals surface area contributed by atoms with E-state index in [0.717, 1.165) is 24.1 Å². The summed E-state index contributed by atoms with van der Waals surface area (Å²) < 4.78 is 9.97. The number of carbonyl (C=O) groups excluding carboxylic acids is 1. The summed E-state index contributed by atoms with van der Waals surface area (Å²) in [7, 11) is 1.63. The number of fused-ring (bicyclic) bond motifs is 1. The molecule has 1 saturated heterocycles. The third-order valence-electron chi connectivity index (χ3n) is 6.59. The van der Waals surface area contributed by atoms with Crippen LogP contribution in [0.3, 0.4) is 0 Å². The van der Waals surface area contributed by atoms with Crippen molar-refractivity contribution in [3.05, 3.63) is 62.1 Å². The van der Waals surface area contributed by atoms with Gasteiger partial charge in [-0.1, -0.05) is 17.7 Å². The number of piperidine rings is 1. The van der Waals surface area contributed by atoms with Crippen molar-refractivity contribution in [3.63, 3.8) is 0 Å². The smallest absolute Gasteiger partial charge is 0.407 e. The van der Waals surface area contributed by atoms with Crippen LogP contribution in [0.5, 0.6) is 0 Å². The maximum absolute atomic E-state index is 13.8. The third kappa shape index (κ3) is 6.40. The minimum atomic E-state index is -0.588. The highest BCUT2D eigenvalue weighted by Gasteiger charge is 2.29. The van der Waals surface area contributed by atoms with Gasteiger partial charge in [0, 0.05) is 38.4 Å². The molecule has 11 heteroatoms. The van der Waals surface area contributed by atoms with E-state index in [1.165, 1.54) is 9.13 Å². The number of nitrogens with zero attached hydrogens (tertiary/aromatic N) is 6. The van der Waals surface area contributed by atoms with Crippen LogP contribution < -0.4 is 21.5 Å². The van der Waals surface area contributed by atoms with E-state index in [0.29, 0.717) is 42.4 Å².